The van der Waals surface area contributed by atoms with Crippen molar-refractivity contribution in [2.45, 2.75) is 6.92 Å². The highest BCUT2D eigenvalue weighted by Gasteiger charge is 2.07. The lowest BCUT2D eigenvalue weighted by Gasteiger charge is -2.05. The minimum Gasteiger partial charge on any atom is -0.486 e. The van der Waals surface area contributed by atoms with E-state index in [2.05, 4.69) is 15.3 Å². The molecule has 0 aliphatic carbocycles. The van der Waals surface area contributed by atoms with E-state index in [0.717, 1.165) is 5.56 Å². The molecule has 2 aromatic rings. The molecule has 0 saturated heterocycles. The van der Waals surface area contributed by atoms with Gasteiger partial charge in [0.15, 0.2) is 11.7 Å². The zero-order valence-corrected chi connectivity index (χ0v) is 9.70. The molecule has 3 N–H and O–H groups in total. The van der Waals surface area contributed by atoms with Gasteiger partial charge in [-0.15, -0.1) is 0 Å². The van der Waals surface area contributed by atoms with Gasteiger partial charge in [-0.25, -0.2) is 0 Å². The fourth-order valence-electron chi connectivity index (χ4n) is 1.32. The van der Waals surface area contributed by atoms with Crippen molar-refractivity contribution in [3.8, 4) is 17.2 Å². The van der Waals surface area contributed by atoms with E-state index in [1.54, 1.807) is 25.1 Å². The Morgan fingerprint density at radius 1 is 1.56 bits per heavy atom. The first kappa shape index (κ1) is 11.9. The van der Waals surface area contributed by atoms with Gasteiger partial charge in [0.2, 0.25) is 0 Å². The van der Waals surface area contributed by atoms with E-state index in [4.69, 9.17) is 20.2 Å². The van der Waals surface area contributed by atoms with E-state index < -0.39 is 0 Å². The molecule has 0 radical (unpaired) electrons. The van der Waals surface area contributed by atoms with Crippen molar-refractivity contribution in [2.75, 3.05) is 6.61 Å². The van der Waals surface area contributed by atoms with Crippen LogP contribution in [-0.2, 0) is 0 Å². The summed E-state index contributed by atoms with van der Waals surface area (Å²) in [4.78, 5) is 4.11. The molecule has 7 nitrogen and oxygen atoms in total. The Labute approximate surface area is 103 Å². The molecule has 18 heavy (non-hydrogen) atoms. The fraction of sp³-hybridized carbons (Fsp3) is 0.182. The van der Waals surface area contributed by atoms with Gasteiger partial charge in [0, 0.05) is 5.56 Å². The quantitative estimate of drug-likeness (QED) is 0.364. The predicted molar refractivity (Wildman–Crippen MR) is 63.4 cm³/mol. The normalized spacial score (nSPS) is 11.5. The first-order valence-corrected chi connectivity index (χ1v) is 5.19. The number of nitrogens with two attached hydrogens (primary N) is 1. The van der Waals surface area contributed by atoms with Gasteiger partial charge < -0.3 is 20.2 Å². The molecule has 0 atom stereocenters. The number of amidine groups is 1. The molecule has 1 aromatic heterocycles. The Balaban J connectivity index is 2.15. The second-order valence-corrected chi connectivity index (χ2v) is 3.55. The van der Waals surface area contributed by atoms with E-state index in [1.807, 2.05) is 6.07 Å². The minimum atomic E-state index is -0.00552. The highest BCUT2D eigenvalue weighted by Crippen LogP contribution is 2.22. The van der Waals surface area contributed by atoms with Crippen LogP contribution in [0.1, 0.15) is 5.82 Å². The summed E-state index contributed by atoms with van der Waals surface area (Å²) in [5, 5.41) is 14.9. The van der Waals surface area contributed by atoms with Crippen LogP contribution in [0.25, 0.3) is 11.5 Å². The van der Waals surface area contributed by atoms with Gasteiger partial charge in [-0.05, 0) is 25.1 Å². The van der Waals surface area contributed by atoms with Crippen LogP contribution in [0.3, 0.4) is 0 Å². The number of benzene rings is 1. The van der Waals surface area contributed by atoms with Gasteiger partial charge in [-0.1, -0.05) is 16.4 Å². The second-order valence-electron chi connectivity index (χ2n) is 3.55. The summed E-state index contributed by atoms with van der Waals surface area (Å²) in [5.41, 5.74) is 6.05. The molecule has 94 valence electrons. The van der Waals surface area contributed by atoms with Gasteiger partial charge in [0.25, 0.3) is 5.89 Å². The van der Waals surface area contributed by atoms with Gasteiger partial charge in [-0.2, -0.15) is 4.98 Å². The van der Waals surface area contributed by atoms with Crippen LogP contribution < -0.4 is 10.5 Å². The maximum atomic E-state index is 8.40. The third-order valence-corrected chi connectivity index (χ3v) is 2.12. The molecule has 0 saturated carbocycles. The third kappa shape index (κ3) is 2.76. The maximum Gasteiger partial charge on any atom is 0.258 e. The monoisotopic (exact) mass is 248 g/mol. The number of oxime groups is 1. The molecular formula is C11H12N4O3. The van der Waals surface area contributed by atoms with Crippen molar-refractivity contribution in [3.63, 3.8) is 0 Å². The summed E-state index contributed by atoms with van der Waals surface area (Å²) >= 11 is 0. The number of hydrogen-bond acceptors (Lipinski definition) is 6. The second kappa shape index (κ2) is 5.17. The smallest absolute Gasteiger partial charge is 0.258 e. The van der Waals surface area contributed by atoms with E-state index in [-0.39, 0.29) is 12.4 Å². The van der Waals surface area contributed by atoms with Crippen LogP contribution in [-0.4, -0.2) is 27.8 Å². The largest absolute Gasteiger partial charge is 0.486 e. The van der Waals surface area contributed by atoms with Crippen molar-refractivity contribution in [1.82, 2.24) is 10.1 Å². The van der Waals surface area contributed by atoms with Gasteiger partial charge >= 0.3 is 0 Å². The Morgan fingerprint density at radius 2 is 2.39 bits per heavy atom. The Bertz CT molecular complexity index is 565. The molecular weight excluding hydrogens is 236 g/mol. The summed E-state index contributed by atoms with van der Waals surface area (Å²) in [7, 11) is 0. The molecule has 1 heterocycles. The van der Waals surface area contributed by atoms with Crippen molar-refractivity contribution in [3.05, 3.63) is 30.1 Å². The van der Waals surface area contributed by atoms with Crippen molar-refractivity contribution < 1.29 is 14.5 Å². The van der Waals surface area contributed by atoms with Crippen LogP contribution in [0.2, 0.25) is 0 Å². The first-order chi connectivity index (χ1) is 8.69. The third-order valence-electron chi connectivity index (χ3n) is 2.12. The number of nitrogens with zero attached hydrogens (tertiary/aromatic N) is 3. The summed E-state index contributed by atoms with van der Waals surface area (Å²) in [6.45, 7) is 1.74. The van der Waals surface area contributed by atoms with Crippen LogP contribution in [0.5, 0.6) is 5.75 Å². The van der Waals surface area contributed by atoms with E-state index in [1.165, 1.54) is 0 Å². The van der Waals surface area contributed by atoms with Crippen LogP contribution in [0.15, 0.2) is 33.9 Å². The molecule has 0 spiro atoms. The van der Waals surface area contributed by atoms with Crippen LogP contribution in [0, 0.1) is 6.92 Å². The van der Waals surface area contributed by atoms with E-state index in [9.17, 15) is 0 Å². The molecule has 1 aromatic carbocycles. The standard InChI is InChI=1S/C11H12N4O3/c1-7-13-11(18-15-7)8-3-2-4-9(5-8)17-6-10(12)14-16/h2-5,16H,6H2,1H3,(H2,12,14). The highest BCUT2D eigenvalue weighted by molar-refractivity contribution is 5.81. The number of aryl methyl sites for hydroxylation is 1. The first-order valence-electron chi connectivity index (χ1n) is 5.19. The predicted octanol–water partition coefficient (Wildman–Crippen LogP) is 1.17. The zero-order chi connectivity index (χ0) is 13.0. The molecule has 2 rings (SSSR count). The van der Waals surface area contributed by atoms with Crippen LogP contribution >= 0.6 is 0 Å². The van der Waals surface area contributed by atoms with Crippen molar-refractivity contribution >= 4 is 5.84 Å². The molecule has 0 fully saturated rings. The number of rotatable bonds is 4. The van der Waals surface area contributed by atoms with Gasteiger partial charge in [0.05, 0.1) is 0 Å². The lowest BCUT2D eigenvalue weighted by atomic mass is 10.2. The Kier molecular flexibility index (Phi) is 3.42. The minimum absolute atomic E-state index is 0.00279. The van der Waals surface area contributed by atoms with Crippen LogP contribution in [0.4, 0.5) is 0 Å². The molecule has 0 aliphatic rings. The summed E-state index contributed by atoms with van der Waals surface area (Å²) < 4.78 is 10.4. The highest BCUT2D eigenvalue weighted by atomic mass is 16.5. The molecule has 0 amide bonds. The number of ether oxygens (including phenoxy) is 1. The van der Waals surface area contributed by atoms with Gasteiger partial charge in [-0.3, -0.25) is 0 Å². The summed E-state index contributed by atoms with van der Waals surface area (Å²) in [6.07, 6.45) is 0. The summed E-state index contributed by atoms with van der Waals surface area (Å²) in [6, 6.07) is 7.09. The maximum absolute atomic E-state index is 8.40. The molecule has 0 aliphatic heterocycles. The van der Waals surface area contributed by atoms with E-state index in [0.29, 0.717) is 17.5 Å². The molecule has 0 bridgehead atoms. The average Bonchev–Trinajstić information content (AvgIpc) is 2.83. The zero-order valence-electron chi connectivity index (χ0n) is 9.70. The van der Waals surface area contributed by atoms with Crippen molar-refractivity contribution in [2.24, 2.45) is 10.9 Å². The topological polar surface area (TPSA) is 107 Å². The molecule has 0 unspecified atom stereocenters. The lowest BCUT2D eigenvalue weighted by molar-refractivity contribution is 0.306. The number of aromatic nitrogens is 2. The Hall–Kier alpha value is -2.57. The number of hydrogen-bond donors (Lipinski definition) is 2. The lowest BCUT2D eigenvalue weighted by Crippen LogP contribution is -2.20. The summed E-state index contributed by atoms with van der Waals surface area (Å²) in [5.74, 6) is 1.54. The average molecular weight is 248 g/mol. The van der Waals surface area contributed by atoms with E-state index >= 15 is 0 Å². The Morgan fingerprint density at radius 3 is 3.06 bits per heavy atom. The molecule has 7 heteroatoms. The van der Waals surface area contributed by atoms with Gasteiger partial charge in [0.1, 0.15) is 12.4 Å². The fourth-order valence-corrected chi connectivity index (χ4v) is 1.32. The SMILES string of the molecule is Cc1noc(-c2cccc(OC/C(N)=N/O)c2)n1. The van der Waals surface area contributed by atoms with Crippen molar-refractivity contribution in [1.29, 1.82) is 0 Å².